The summed E-state index contributed by atoms with van der Waals surface area (Å²) in [7, 11) is -0.599. The van der Waals surface area contributed by atoms with Crippen LogP contribution in [0.2, 0.25) is 0 Å². The van der Waals surface area contributed by atoms with E-state index in [4.69, 9.17) is 14.0 Å². The first-order chi connectivity index (χ1) is 11.5. The summed E-state index contributed by atoms with van der Waals surface area (Å²) in [4.78, 5) is 12.1. The summed E-state index contributed by atoms with van der Waals surface area (Å²) in [5.74, 6) is -0.580. The van der Waals surface area contributed by atoms with Crippen molar-refractivity contribution in [1.82, 2.24) is 0 Å². The van der Waals surface area contributed by atoms with E-state index >= 15 is 0 Å². The van der Waals surface area contributed by atoms with Crippen molar-refractivity contribution in [3.63, 3.8) is 0 Å². The molecule has 25 heavy (non-hydrogen) atoms. The van der Waals surface area contributed by atoms with Crippen molar-refractivity contribution in [2.45, 2.75) is 58.1 Å². The van der Waals surface area contributed by atoms with Gasteiger partial charge in [0.2, 0.25) is 0 Å². The molecular formula is C17H23BBr2O5. The highest BCUT2D eigenvalue weighted by Gasteiger charge is 2.54. The van der Waals surface area contributed by atoms with Gasteiger partial charge in [-0.1, -0.05) is 0 Å². The normalized spacial score (nSPS) is 19.7. The summed E-state index contributed by atoms with van der Waals surface area (Å²) >= 11 is 6.68. The second-order valence-electron chi connectivity index (χ2n) is 7.07. The standard InChI is InChI=1S/C17H23BBr2O5/c1-6-23-14(21)9-11(10-7-12(19)15(22)13(20)8-10)18-24-16(2,3)17(4,5)25-18/h7-8,11,22H,6,9H2,1-5H3. The molecule has 1 aliphatic rings. The van der Waals surface area contributed by atoms with Crippen LogP contribution in [0, 0.1) is 0 Å². The summed E-state index contributed by atoms with van der Waals surface area (Å²) in [6, 6.07) is 3.55. The van der Waals surface area contributed by atoms with Crippen LogP contribution in [0.15, 0.2) is 21.1 Å². The number of carbonyl (C=O) groups excluding carboxylic acids is 1. The third-order valence-electron chi connectivity index (χ3n) is 4.76. The number of rotatable bonds is 5. The minimum atomic E-state index is -0.599. The molecule has 0 spiro atoms. The van der Waals surface area contributed by atoms with Crippen molar-refractivity contribution in [2.75, 3.05) is 6.61 Å². The Hall–Kier alpha value is -0.565. The van der Waals surface area contributed by atoms with Gasteiger partial charge in [-0.3, -0.25) is 4.79 Å². The van der Waals surface area contributed by atoms with Gasteiger partial charge < -0.3 is 19.2 Å². The Kier molecular flexibility index (Phi) is 6.29. The first kappa shape index (κ1) is 20.7. The van der Waals surface area contributed by atoms with Crippen molar-refractivity contribution in [2.24, 2.45) is 0 Å². The number of phenolic OH excluding ortho intramolecular Hbond substituents is 1. The Bertz CT molecular complexity index is 623. The third-order valence-corrected chi connectivity index (χ3v) is 5.97. The molecule has 0 aliphatic carbocycles. The van der Waals surface area contributed by atoms with Gasteiger partial charge in [0.15, 0.2) is 0 Å². The lowest BCUT2D eigenvalue weighted by Gasteiger charge is -2.32. The van der Waals surface area contributed by atoms with E-state index in [1.54, 1.807) is 19.1 Å². The zero-order chi connectivity index (χ0) is 19.0. The van der Waals surface area contributed by atoms with E-state index in [-0.39, 0.29) is 24.0 Å². The third kappa shape index (κ3) is 4.41. The van der Waals surface area contributed by atoms with E-state index in [0.29, 0.717) is 15.6 Å². The van der Waals surface area contributed by atoms with Crippen LogP contribution in [0.3, 0.4) is 0 Å². The lowest BCUT2D eigenvalue weighted by molar-refractivity contribution is -0.143. The Morgan fingerprint density at radius 1 is 1.20 bits per heavy atom. The van der Waals surface area contributed by atoms with Crippen molar-refractivity contribution in [3.05, 3.63) is 26.6 Å². The molecule has 1 heterocycles. The first-order valence-electron chi connectivity index (χ1n) is 8.17. The molecule has 2 rings (SSSR count). The van der Waals surface area contributed by atoms with Crippen molar-refractivity contribution >= 4 is 44.9 Å². The van der Waals surface area contributed by atoms with Gasteiger partial charge in [0, 0.05) is 5.82 Å². The second kappa shape index (κ2) is 7.58. The Morgan fingerprint density at radius 2 is 1.68 bits per heavy atom. The minimum absolute atomic E-state index is 0.104. The van der Waals surface area contributed by atoms with E-state index in [2.05, 4.69) is 31.9 Å². The number of hydrogen-bond donors (Lipinski definition) is 1. The quantitative estimate of drug-likeness (QED) is 0.496. The molecule has 0 bridgehead atoms. The number of aromatic hydroxyl groups is 1. The fourth-order valence-electron chi connectivity index (χ4n) is 2.62. The fraction of sp³-hybridized carbons (Fsp3) is 0.588. The van der Waals surface area contributed by atoms with Crippen LogP contribution in [-0.2, 0) is 18.8 Å². The highest BCUT2D eigenvalue weighted by molar-refractivity contribution is 9.11. The van der Waals surface area contributed by atoms with Gasteiger partial charge in [-0.25, -0.2) is 0 Å². The summed E-state index contributed by atoms with van der Waals surface area (Å²) in [5.41, 5.74) is -0.200. The van der Waals surface area contributed by atoms with Crippen LogP contribution in [-0.4, -0.2) is 36.0 Å². The zero-order valence-corrected chi connectivity index (χ0v) is 18.2. The molecule has 1 N–H and O–H groups in total. The van der Waals surface area contributed by atoms with Gasteiger partial charge in [0.05, 0.1) is 33.2 Å². The topological polar surface area (TPSA) is 65.0 Å². The van der Waals surface area contributed by atoms with Gasteiger partial charge in [-0.15, -0.1) is 0 Å². The van der Waals surface area contributed by atoms with E-state index in [0.717, 1.165) is 5.56 Å². The van der Waals surface area contributed by atoms with E-state index in [9.17, 15) is 9.90 Å². The van der Waals surface area contributed by atoms with Crippen LogP contribution in [0.25, 0.3) is 0 Å². The zero-order valence-electron chi connectivity index (χ0n) is 15.1. The summed E-state index contributed by atoms with van der Waals surface area (Å²) < 4.78 is 18.5. The average molecular weight is 478 g/mol. The molecule has 1 aliphatic heterocycles. The number of phenols is 1. The summed E-state index contributed by atoms with van der Waals surface area (Å²) in [5, 5.41) is 9.96. The van der Waals surface area contributed by atoms with Crippen molar-refractivity contribution < 1.29 is 23.9 Å². The highest BCUT2D eigenvalue weighted by Crippen LogP contribution is 2.43. The van der Waals surface area contributed by atoms with E-state index < -0.39 is 18.3 Å². The van der Waals surface area contributed by atoms with Gasteiger partial charge >= 0.3 is 13.1 Å². The number of ether oxygens (including phenoxy) is 1. The molecule has 1 unspecified atom stereocenters. The van der Waals surface area contributed by atoms with Crippen LogP contribution >= 0.6 is 31.9 Å². The molecule has 1 aromatic carbocycles. The molecule has 0 saturated carbocycles. The maximum absolute atomic E-state index is 12.1. The molecular weight excluding hydrogens is 455 g/mol. The van der Waals surface area contributed by atoms with Gasteiger partial charge in [0.1, 0.15) is 5.75 Å². The smallest absolute Gasteiger partial charge is 0.466 e. The molecule has 1 aromatic rings. The van der Waals surface area contributed by atoms with Gasteiger partial charge in [0.25, 0.3) is 0 Å². The highest BCUT2D eigenvalue weighted by atomic mass is 79.9. The maximum atomic E-state index is 12.1. The largest absolute Gasteiger partial charge is 0.506 e. The van der Waals surface area contributed by atoms with E-state index in [1.807, 2.05) is 27.7 Å². The van der Waals surface area contributed by atoms with Crippen LogP contribution in [0.1, 0.15) is 52.4 Å². The minimum Gasteiger partial charge on any atom is -0.506 e. The summed E-state index contributed by atoms with van der Waals surface area (Å²) in [6.07, 6.45) is 0.119. The van der Waals surface area contributed by atoms with Crippen LogP contribution in [0.5, 0.6) is 5.75 Å². The average Bonchev–Trinajstić information content (AvgIpc) is 2.70. The predicted octanol–water partition coefficient (Wildman–Crippen LogP) is 4.59. The Labute approximate surface area is 165 Å². The Balaban J connectivity index is 2.39. The molecule has 5 nitrogen and oxygen atoms in total. The molecule has 0 amide bonds. The monoisotopic (exact) mass is 476 g/mol. The van der Waals surface area contributed by atoms with Crippen LogP contribution < -0.4 is 0 Å². The van der Waals surface area contributed by atoms with Crippen molar-refractivity contribution in [1.29, 1.82) is 0 Å². The lowest BCUT2D eigenvalue weighted by atomic mass is 9.66. The number of hydrogen-bond acceptors (Lipinski definition) is 5. The Morgan fingerprint density at radius 3 is 2.12 bits per heavy atom. The molecule has 1 saturated heterocycles. The van der Waals surface area contributed by atoms with Crippen LogP contribution in [0.4, 0.5) is 0 Å². The van der Waals surface area contributed by atoms with Gasteiger partial charge in [-0.05, 0) is 84.2 Å². The van der Waals surface area contributed by atoms with Crippen molar-refractivity contribution in [3.8, 4) is 5.75 Å². The van der Waals surface area contributed by atoms with Gasteiger partial charge in [-0.2, -0.15) is 0 Å². The SMILES string of the molecule is CCOC(=O)CC(B1OC(C)(C)C(C)(C)O1)c1cc(Br)c(O)c(Br)c1. The summed E-state index contributed by atoms with van der Waals surface area (Å²) in [6.45, 7) is 9.97. The number of benzene rings is 1. The molecule has 8 heteroatoms. The molecule has 1 fully saturated rings. The lowest BCUT2D eigenvalue weighted by Crippen LogP contribution is -2.41. The number of esters is 1. The number of halogens is 2. The van der Waals surface area contributed by atoms with E-state index in [1.165, 1.54) is 0 Å². The fourth-order valence-corrected chi connectivity index (χ4v) is 3.84. The second-order valence-corrected chi connectivity index (χ2v) is 8.78. The maximum Gasteiger partial charge on any atom is 0.466 e. The number of carbonyl (C=O) groups is 1. The first-order valence-corrected chi connectivity index (χ1v) is 9.76. The predicted molar refractivity (Wildman–Crippen MR) is 104 cm³/mol. The molecule has 0 radical (unpaired) electrons. The molecule has 1 atom stereocenters. The molecule has 138 valence electrons. The molecule has 0 aromatic heterocycles.